The molecule has 0 unspecified atom stereocenters. The second kappa shape index (κ2) is 6.16. The summed E-state index contributed by atoms with van der Waals surface area (Å²) < 4.78 is 30.6. The van der Waals surface area contributed by atoms with Crippen molar-refractivity contribution in [2.75, 3.05) is 0 Å². The van der Waals surface area contributed by atoms with Crippen LogP contribution in [0.15, 0.2) is 41.3 Å². The number of nitro groups is 1. The molecule has 1 aromatic heterocycles. The first kappa shape index (κ1) is 16.9. The number of terminal acetylenes is 1. The van der Waals surface area contributed by atoms with Gasteiger partial charge in [0.2, 0.25) is 0 Å². The van der Waals surface area contributed by atoms with Crippen LogP contribution < -0.4 is 4.18 Å². The highest BCUT2D eigenvalue weighted by Crippen LogP contribution is 2.29. The maximum absolute atomic E-state index is 12.4. The van der Waals surface area contributed by atoms with Crippen molar-refractivity contribution in [2.45, 2.75) is 11.8 Å². The molecule has 7 nitrogen and oxygen atoms in total. The summed E-state index contributed by atoms with van der Waals surface area (Å²) >= 11 is 1.24. The van der Waals surface area contributed by atoms with Gasteiger partial charge >= 0.3 is 10.1 Å². The van der Waals surface area contributed by atoms with Crippen molar-refractivity contribution < 1.29 is 17.5 Å². The lowest BCUT2D eigenvalue weighted by Gasteiger charge is -2.07. The number of nitrogens with zero attached hydrogens (tertiary/aromatic N) is 2. The third-order valence-corrected chi connectivity index (χ3v) is 5.54. The van der Waals surface area contributed by atoms with Crippen molar-refractivity contribution in [1.29, 1.82) is 0 Å². The Kier molecular flexibility index (Phi) is 4.16. The topological polar surface area (TPSA) is 99.4 Å². The van der Waals surface area contributed by atoms with Crippen LogP contribution in [0.5, 0.6) is 5.75 Å². The molecular formula is C16H10N2O5S2. The van der Waals surface area contributed by atoms with Crippen LogP contribution in [0.1, 0.15) is 10.6 Å². The third kappa shape index (κ3) is 3.31. The van der Waals surface area contributed by atoms with Gasteiger partial charge in [-0.3, -0.25) is 10.1 Å². The minimum atomic E-state index is -4.12. The first-order valence-corrected chi connectivity index (χ1v) is 9.09. The lowest BCUT2D eigenvalue weighted by molar-refractivity contribution is -0.385. The quantitative estimate of drug-likeness (QED) is 0.301. The molecule has 0 atom stereocenters. The number of aryl methyl sites for hydroxylation is 1. The molecule has 0 fully saturated rings. The summed E-state index contributed by atoms with van der Waals surface area (Å²) in [5.41, 5.74) is 0.715. The monoisotopic (exact) mass is 374 g/mol. The van der Waals surface area contributed by atoms with E-state index in [0.29, 0.717) is 15.2 Å². The fraction of sp³-hybridized carbons (Fsp3) is 0.0625. The molecule has 0 saturated heterocycles. The van der Waals surface area contributed by atoms with Crippen LogP contribution >= 0.6 is 11.3 Å². The molecule has 2 aromatic carbocycles. The Morgan fingerprint density at radius 1 is 1.28 bits per heavy atom. The number of benzene rings is 2. The van der Waals surface area contributed by atoms with E-state index in [1.165, 1.54) is 36.5 Å². The Balaban J connectivity index is 1.95. The average molecular weight is 374 g/mol. The predicted molar refractivity (Wildman–Crippen MR) is 93.2 cm³/mol. The summed E-state index contributed by atoms with van der Waals surface area (Å²) in [6.45, 7) is 1.46. The van der Waals surface area contributed by atoms with Gasteiger partial charge in [-0.15, -0.1) is 17.8 Å². The summed E-state index contributed by atoms with van der Waals surface area (Å²) in [4.78, 5) is 14.3. The highest BCUT2D eigenvalue weighted by Gasteiger charge is 2.21. The van der Waals surface area contributed by atoms with Crippen LogP contribution in [0, 0.1) is 29.4 Å². The average Bonchev–Trinajstić information content (AvgIpc) is 2.96. The van der Waals surface area contributed by atoms with Gasteiger partial charge in [0.15, 0.2) is 5.01 Å². The van der Waals surface area contributed by atoms with Gasteiger partial charge in [-0.1, -0.05) is 0 Å². The molecule has 0 amide bonds. The fourth-order valence-electron chi connectivity index (χ4n) is 2.18. The third-order valence-electron chi connectivity index (χ3n) is 3.34. The van der Waals surface area contributed by atoms with Crippen LogP contribution in [0.25, 0.3) is 10.2 Å². The van der Waals surface area contributed by atoms with E-state index in [2.05, 4.69) is 10.9 Å². The fourth-order valence-corrected chi connectivity index (χ4v) is 4.00. The zero-order valence-electron chi connectivity index (χ0n) is 12.8. The zero-order valence-corrected chi connectivity index (χ0v) is 14.4. The minimum absolute atomic E-state index is 0.107. The normalized spacial score (nSPS) is 11.2. The number of nitro benzene ring substituents is 1. The summed E-state index contributed by atoms with van der Waals surface area (Å²) in [6.07, 6.45) is 5.30. The van der Waals surface area contributed by atoms with E-state index in [1.807, 2.05) is 0 Å². The molecule has 0 N–H and O–H groups in total. The van der Waals surface area contributed by atoms with E-state index < -0.39 is 15.0 Å². The van der Waals surface area contributed by atoms with Gasteiger partial charge in [-0.25, -0.2) is 4.98 Å². The molecule has 126 valence electrons. The first-order chi connectivity index (χ1) is 11.8. The van der Waals surface area contributed by atoms with E-state index in [4.69, 9.17) is 10.6 Å². The van der Waals surface area contributed by atoms with Gasteiger partial charge in [-0.2, -0.15) is 8.42 Å². The summed E-state index contributed by atoms with van der Waals surface area (Å²) in [6, 6.07) is 8.09. The van der Waals surface area contributed by atoms with E-state index in [9.17, 15) is 18.5 Å². The maximum Gasteiger partial charge on any atom is 0.339 e. The van der Waals surface area contributed by atoms with Crippen molar-refractivity contribution in [1.82, 2.24) is 4.98 Å². The number of rotatable bonds is 4. The molecule has 25 heavy (non-hydrogen) atoms. The van der Waals surface area contributed by atoms with Gasteiger partial charge in [0, 0.05) is 17.7 Å². The lowest BCUT2D eigenvalue weighted by Crippen LogP contribution is -2.10. The Labute approximate surface area is 147 Å². The van der Waals surface area contributed by atoms with Crippen molar-refractivity contribution in [2.24, 2.45) is 0 Å². The number of hydrogen-bond donors (Lipinski definition) is 0. The number of hydrogen-bond acceptors (Lipinski definition) is 7. The molecule has 1 heterocycles. The molecule has 0 aliphatic carbocycles. The van der Waals surface area contributed by atoms with Crippen LogP contribution in [-0.2, 0) is 10.1 Å². The SMILES string of the molecule is C#Cc1nc2ccc(OS(=O)(=O)c3ccc([N+](=O)[O-])c(C)c3)cc2s1. The van der Waals surface area contributed by atoms with Crippen molar-refractivity contribution in [3.8, 4) is 18.1 Å². The Hall–Kier alpha value is -2.96. The highest BCUT2D eigenvalue weighted by molar-refractivity contribution is 7.87. The Morgan fingerprint density at radius 2 is 2.04 bits per heavy atom. The van der Waals surface area contributed by atoms with Crippen LogP contribution in [-0.4, -0.2) is 18.3 Å². The molecule has 3 rings (SSSR count). The molecule has 0 radical (unpaired) electrons. The van der Waals surface area contributed by atoms with Crippen LogP contribution in [0.4, 0.5) is 5.69 Å². The Morgan fingerprint density at radius 3 is 2.68 bits per heavy atom. The first-order valence-electron chi connectivity index (χ1n) is 6.87. The number of thiazole rings is 1. The van der Waals surface area contributed by atoms with Gasteiger partial charge in [0.1, 0.15) is 10.6 Å². The van der Waals surface area contributed by atoms with Crippen LogP contribution in [0.3, 0.4) is 0 Å². The van der Waals surface area contributed by atoms with E-state index in [1.54, 1.807) is 6.07 Å². The molecular weight excluding hydrogens is 364 g/mol. The van der Waals surface area contributed by atoms with Gasteiger partial charge < -0.3 is 4.18 Å². The summed E-state index contributed by atoms with van der Waals surface area (Å²) in [5, 5.41) is 11.3. The standard InChI is InChI=1S/C16H10N2O5S2/c1-3-16-17-13-6-4-11(9-15(13)24-16)23-25(21,22)12-5-7-14(18(19)20)10(2)8-12/h1,4-9H,2H3. The number of fused-ring (bicyclic) bond motifs is 1. The van der Waals surface area contributed by atoms with Crippen molar-refractivity contribution in [3.05, 3.63) is 57.1 Å². The zero-order chi connectivity index (χ0) is 18.2. The lowest BCUT2D eigenvalue weighted by atomic mass is 10.2. The minimum Gasteiger partial charge on any atom is -0.379 e. The molecule has 0 aliphatic rings. The number of aromatic nitrogens is 1. The summed E-state index contributed by atoms with van der Waals surface area (Å²) in [5.74, 6) is 2.53. The van der Waals surface area contributed by atoms with E-state index in [0.717, 1.165) is 12.1 Å². The van der Waals surface area contributed by atoms with Crippen molar-refractivity contribution >= 4 is 37.4 Å². The van der Waals surface area contributed by atoms with E-state index in [-0.39, 0.29) is 21.9 Å². The smallest absolute Gasteiger partial charge is 0.339 e. The summed E-state index contributed by atoms with van der Waals surface area (Å²) in [7, 11) is -4.12. The highest BCUT2D eigenvalue weighted by atomic mass is 32.2. The Bertz CT molecular complexity index is 1140. The predicted octanol–water partition coefficient (Wildman–Crippen LogP) is 3.26. The van der Waals surface area contributed by atoms with E-state index >= 15 is 0 Å². The second-order valence-corrected chi connectivity index (χ2v) is 7.61. The molecule has 0 bridgehead atoms. The van der Waals surface area contributed by atoms with Crippen LogP contribution in [0.2, 0.25) is 0 Å². The molecule has 0 aliphatic heterocycles. The largest absolute Gasteiger partial charge is 0.379 e. The molecule has 9 heteroatoms. The van der Waals surface area contributed by atoms with Gasteiger partial charge in [0.25, 0.3) is 5.69 Å². The molecule has 0 saturated carbocycles. The van der Waals surface area contributed by atoms with Gasteiger partial charge in [-0.05, 0) is 37.1 Å². The molecule has 0 spiro atoms. The van der Waals surface area contributed by atoms with Crippen molar-refractivity contribution in [3.63, 3.8) is 0 Å². The maximum atomic E-state index is 12.4. The second-order valence-electron chi connectivity index (χ2n) is 5.04. The van der Waals surface area contributed by atoms with Gasteiger partial charge in [0.05, 0.1) is 15.1 Å². The molecule has 3 aromatic rings.